The molecule has 2 aromatic rings. The van der Waals surface area contributed by atoms with E-state index in [1.165, 1.54) is 30.2 Å². The van der Waals surface area contributed by atoms with E-state index in [0.717, 1.165) is 22.6 Å². The highest BCUT2D eigenvalue weighted by Crippen LogP contribution is 2.36. The SMILES string of the molecule is CC[C@H](C)[C@@H]([C@@H](CC(=O)N1CCC[C@H]1[C@H](OC)[C@@H](C)C(=O)C[C@H](C)[C@@H](OCN(CC)C(=O)OCc1ccc(O[C@@H]2O[C@H](C(=O)O)[C@@H](O)[C@H](O)[C@H]2O)c(NC(=O)CCNC(=O)CCN2C(=O)C=CC2=O)c1)c1ccccc1)OC)N(C)C(=O)[C@@H](CC(=O)[C@H](C(C)C)N(C)C)C(C)C. The number of nitrogens with one attached hydrogen (secondary N) is 2. The van der Waals surface area contributed by atoms with E-state index in [-0.39, 0.29) is 129 Å². The van der Waals surface area contributed by atoms with Crippen LogP contribution in [0.3, 0.4) is 0 Å². The van der Waals surface area contributed by atoms with E-state index in [0.29, 0.717) is 25.8 Å². The average Bonchev–Trinajstić information content (AvgIpc) is 1.39. The van der Waals surface area contributed by atoms with Crippen LogP contribution in [0.25, 0.3) is 0 Å². The van der Waals surface area contributed by atoms with Crippen molar-refractivity contribution in [2.24, 2.45) is 35.5 Å². The molecule has 0 radical (unpaired) electrons. The van der Waals surface area contributed by atoms with E-state index in [4.69, 9.17) is 28.4 Å². The number of aliphatic carboxylic acids is 1. The lowest BCUT2D eigenvalue weighted by Gasteiger charge is -2.41. The van der Waals surface area contributed by atoms with E-state index >= 15 is 0 Å². The Morgan fingerprint density at radius 1 is 0.771 bits per heavy atom. The lowest BCUT2D eigenvalue weighted by atomic mass is 9.83. The normalized spacial score (nSPS) is 21.6. The molecule has 0 saturated carbocycles. The monoisotopic (exact) mass is 1350 g/mol. The minimum absolute atomic E-state index is 0.00246. The smallest absolute Gasteiger partial charge is 0.411 e. The van der Waals surface area contributed by atoms with Gasteiger partial charge in [-0.2, -0.15) is 0 Å². The first-order valence-corrected chi connectivity index (χ1v) is 33.1. The van der Waals surface area contributed by atoms with Crippen LogP contribution in [0.4, 0.5) is 10.5 Å². The van der Waals surface area contributed by atoms with E-state index in [2.05, 4.69) is 10.6 Å². The number of aliphatic hydroxyl groups is 3. The molecule has 15 atom stereocenters. The number of rotatable bonds is 38. The molecule has 2 saturated heterocycles. The number of hydrogen-bond acceptors (Lipinski definition) is 20. The predicted molar refractivity (Wildman–Crippen MR) is 351 cm³/mol. The molecule has 0 aliphatic carbocycles. The van der Waals surface area contributed by atoms with E-state index in [1.54, 1.807) is 37.8 Å². The Hall–Kier alpha value is -7.24. The molecule has 0 unspecified atom stereocenters. The Balaban J connectivity index is 1.25. The number of benzene rings is 2. The van der Waals surface area contributed by atoms with Crippen molar-refractivity contribution in [3.63, 3.8) is 0 Å². The predicted octanol–water partition coefficient (Wildman–Crippen LogP) is 4.72. The third-order valence-electron chi connectivity index (χ3n) is 18.5. The minimum Gasteiger partial charge on any atom is -0.479 e. The van der Waals surface area contributed by atoms with Crippen LogP contribution in [0.2, 0.25) is 0 Å². The summed E-state index contributed by atoms with van der Waals surface area (Å²) < 4.78 is 35.6. The Morgan fingerprint density at radius 3 is 2.02 bits per heavy atom. The van der Waals surface area contributed by atoms with E-state index < -0.39 is 115 Å². The summed E-state index contributed by atoms with van der Waals surface area (Å²) >= 11 is 0. The molecular weight excluding hydrogens is 1250 g/mol. The summed E-state index contributed by atoms with van der Waals surface area (Å²) in [6.45, 7) is 16.8. The molecule has 0 bridgehead atoms. The maximum absolute atomic E-state index is 14.7. The first-order valence-electron chi connectivity index (χ1n) is 33.1. The third-order valence-corrected chi connectivity index (χ3v) is 18.5. The lowest BCUT2D eigenvalue weighted by Crippen LogP contribution is -2.61. The van der Waals surface area contributed by atoms with Gasteiger partial charge in [0.25, 0.3) is 11.8 Å². The van der Waals surface area contributed by atoms with Gasteiger partial charge < -0.3 is 69.3 Å². The topological polar surface area (TPSA) is 347 Å². The highest BCUT2D eigenvalue weighted by atomic mass is 16.7. The van der Waals surface area contributed by atoms with Gasteiger partial charge in [0.05, 0.1) is 48.5 Å². The molecule has 3 aliphatic rings. The zero-order chi connectivity index (χ0) is 71.4. The van der Waals surface area contributed by atoms with Crippen molar-refractivity contribution in [1.29, 1.82) is 0 Å². The number of ketones is 2. The average molecular weight is 1350 g/mol. The van der Waals surface area contributed by atoms with Crippen molar-refractivity contribution >= 4 is 64.8 Å². The molecule has 2 fully saturated rings. The Morgan fingerprint density at radius 2 is 1.44 bits per heavy atom. The maximum Gasteiger partial charge on any atom is 0.411 e. The van der Waals surface area contributed by atoms with Crippen molar-refractivity contribution in [3.05, 3.63) is 71.8 Å². The standard InChI is InChI=1S/C69H103N7O20/c1-15-41(7)59(73(12)66(87)46(39(3)4)35-50(78)58(40(5)6)72(10)11)52(91-13)36-57(83)75-31-20-23-48(75)64(92-14)43(9)49(77)33-42(8)63(45-21-18-17-19-22-45)94-38-74(16-2)69(90)93-37-44-24-25-51(95-68-62(86)60(84)61(85)65(96-68)67(88)89)47(34-44)71-54(80)28-30-70-53(79)29-32-76-55(81)26-27-56(76)82/h17-19,21-22,24-27,34,39-43,46,48,52,58-65,68,84-86H,15-16,20,23,28-33,35-38H2,1-14H3,(H,70,79)(H,71,80)(H,88,89)/t41-,42-,43-,46-,48-,52+,58-,59-,60-,61-,62+,63+,64+,65-,68+/m0/s1. The number of ether oxygens (including phenoxy) is 6. The van der Waals surface area contributed by atoms with Gasteiger partial charge in [0.2, 0.25) is 29.9 Å². The van der Waals surface area contributed by atoms with Crippen LogP contribution in [0.1, 0.15) is 131 Å². The first kappa shape index (κ1) is 79.4. The number of likely N-dealkylation sites (tertiary alicyclic amines) is 1. The van der Waals surface area contributed by atoms with Gasteiger partial charge in [-0.25, -0.2) is 9.59 Å². The number of hydrogen-bond donors (Lipinski definition) is 6. The minimum atomic E-state index is -2.02. The molecule has 6 N–H and O–H groups in total. The fraction of sp³-hybridized carbons (Fsp3) is 0.652. The number of nitrogens with zero attached hydrogens (tertiary/aromatic N) is 5. The van der Waals surface area contributed by atoms with Gasteiger partial charge in [-0.3, -0.25) is 53.1 Å². The Kier molecular flexibility index (Phi) is 31.0. The molecule has 5 rings (SSSR count). The number of carbonyl (C=O) groups is 10. The molecule has 27 nitrogen and oxygen atoms in total. The van der Waals surface area contributed by atoms with Gasteiger partial charge in [-0.05, 0) is 80.8 Å². The molecule has 534 valence electrons. The zero-order valence-electron chi connectivity index (χ0n) is 58.0. The van der Waals surface area contributed by atoms with Gasteiger partial charge >= 0.3 is 12.1 Å². The highest BCUT2D eigenvalue weighted by Gasteiger charge is 2.49. The molecule has 7 amide bonds. The van der Waals surface area contributed by atoms with Crippen LogP contribution < -0.4 is 15.4 Å². The number of aliphatic hydroxyl groups excluding tert-OH is 3. The highest BCUT2D eigenvalue weighted by molar-refractivity contribution is 6.13. The van der Waals surface area contributed by atoms with Gasteiger partial charge in [-0.15, -0.1) is 0 Å². The molecule has 0 aromatic heterocycles. The van der Waals surface area contributed by atoms with Crippen molar-refractivity contribution < 1.29 is 96.8 Å². The van der Waals surface area contributed by atoms with Gasteiger partial charge in [-0.1, -0.05) is 98.2 Å². The number of anilines is 1. The van der Waals surface area contributed by atoms with Crippen LogP contribution in [0.5, 0.6) is 5.75 Å². The summed E-state index contributed by atoms with van der Waals surface area (Å²) in [4.78, 5) is 141. The van der Waals surface area contributed by atoms with Crippen molar-refractivity contribution in [2.45, 2.75) is 187 Å². The molecule has 96 heavy (non-hydrogen) atoms. The molecular formula is C69H103N7O20. The van der Waals surface area contributed by atoms with Gasteiger partial charge in [0.1, 0.15) is 43.2 Å². The largest absolute Gasteiger partial charge is 0.479 e. The van der Waals surface area contributed by atoms with Crippen LogP contribution >= 0.6 is 0 Å². The summed E-state index contributed by atoms with van der Waals surface area (Å²) in [6.07, 6.45) is -9.11. The Bertz CT molecular complexity index is 2980. The van der Waals surface area contributed by atoms with Gasteiger partial charge in [0, 0.05) is 97.1 Å². The fourth-order valence-electron chi connectivity index (χ4n) is 12.9. The number of carboxylic acid groups (broad SMARTS) is 1. The third kappa shape index (κ3) is 21.1. The Labute approximate surface area is 563 Å². The fourth-order valence-corrected chi connectivity index (χ4v) is 12.9. The number of methoxy groups -OCH3 is 2. The number of imide groups is 1. The first-order chi connectivity index (χ1) is 45.4. The summed E-state index contributed by atoms with van der Waals surface area (Å²) in [7, 11) is 8.55. The van der Waals surface area contributed by atoms with Crippen LogP contribution in [-0.4, -0.2) is 233 Å². The van der Waals surface area contributed by atoms with E-state index in [1.807, 2.05) is 97.8 Å². The second-order valence-electron chi connectivity index (χ2n) is 26.2. The van der Waals surface area contributed by atoms with Crippen LogP contribution in [0.15, 0.2) is 60.7 Å². The maximum atomic E-state index is 14.7. The van der Waals surface area contributed by atoms with Crippen LogP contribution in [0, 0.1) is 35.5 Å². The number of carbonyl (C=O) groups excluding carboxylic acids is 9. The number of Topliss-reactive ketones (excluding diaryl/α,β-unsaturated/α-hetero) is 2. The molecule has 27 heteroatoms. The second kappa shape index (κ2) is 37.5. The summed E-state index contributed by atoms with van der Waals surface area (Å²) in [5.41, 5.74) is 0.921. The summed E-state index contributed by atoms with van der Waals surface area (Å²) in [5, 5.41) is 46.2. The molecule has 3 aliphatic heterocycles. The summed E-state index contributed by atoms with van der Waals surface area (Å²) in [5.74, 6) is -6.61. The molecule has 3 heterocycles. The van der Waals surface area contributed by atoms with Crippen molar-refractivity contribution in [2.75, 3.05) is 73.6 Å². The van der Waals surface area contributed by atoms with Crippen molar-refractivity contribution in [1.82, 2.24) is 29.8 Å². The quantitative estimate of drug-likeness (QED) is 0.0391. The second-order valence-corrected chi connectivity index (χ2v) is 26.2. The number of amides is 7. The lowest BCUT2D eigenvalue weighted by molar-refractivity contribution is -0.271. The van der Waals surface area contributed by atoms with Gasteiger partial charge in [0.15, 0.2) is 11.9 Å². The van der Waals surface area contributed by atoms with Crippen molar-refractivity contribution in [3.8, 4) is 5.75 Å². The molecule has 0 spiro atoms. The van der Waals surface area contributed by atoms with Crippen LogP contribution in [-0.2, 0) is 73.4 Å². The van der Waals surface area contributed by atoms with E-state index in [9.17, 15) is 68.4 Å². The number of carboxylic acids is 1. The summed E-state index contributed by atoms with van der Waals surface area (Å²) in [6, 6.07) is 12.0. The molecule has 2 aromatic carbocycles. The zero-order valence-corrected chi connectivity index (χ0v) is 58.0. The number of likely N-dealkylation sites (N-methyl/N-ethyl adjacent to an activating group) is 2.